The predicted octanol–water partition coefficient (Wildman–Crippen LogP) is 2.06. The fourth-order valence-corrected chi connectivity index (χ4v) is 2.72. The molecule has 0 radical (unpaired) electrons. The van der Waals surface area contributed by atoms with Gasteiger partial charge in [-0.3, -0.25) is 9.69 Å². The molecule has 0 amide bonds. The number of nitrogens with one attached hydrogen (secondary N) is 1. The van der Waals surface area contributed by atoms with E-state index in [1.807, 2.05) is 24.3 Å². The van der Waals surface area contributed by atoms with Crippen LogP contribution >= 0.6 is 0 Å². The number of nitrogens with zero attached hydrogens (tertiary/aromatic N) is 1. The minimum Gasteiger partial charge on any atom is -0.481 e. The Morgan fingerprint density at radius 2 is 1.95 bits per heavy atom. The van der Waals surface area contributed by atoms with Crippen molar-refractivity contribution in [3.8, 4) is 0 Å². The van der Waals surface area contributed by atoms with Gasteiger partial charge in [-0.25, -0.2) is 0 Å². The van der Waals surface area contributed by atoms with Gasteiger partial charge in [-0.15, -0.1) is 0 Å². The number of rotatable bonds is 5. The third-order valence-electron chi connectivity index (χ3n) is 4.21. The van der Waals surface area contributed by atoms with Crippen LogP contribution in [0.15, 0.2) is 24.3 Å². The first-order valence-electron chi connectivity index (χ1n) is 7.30. The molecular weight excluding hydrogens is 252 g/mol. The van der Waals surface area contributed by atoms with Gasteiger partial charge in [-0.1, -0.05) is 24.3 Å². The highest BCUT2D eigenvalue weighted by atomic mass is 16.4. The summed E-state index contributed by atoms with van der Waals surface area (Å²) in [6.45, 7) is 4.85. The quantitative estimate of drug-likeness (QED) is 0.864. The molecule has 0 saturated carbocycles. The van der Waals surface area contributed by atoms with Crippen LogP contribution in [0.2, 0.25) is 0 Å². The second kappa shape index (κ2) is 6.86. The molecule has 1 fully saturated rings. The summed E-state index contributed by atoms with van der Waals surface area (Å²) in [6.07, 6.45) is 2.40. The zero-order valence-corrected chi connectivity index (χ0v) is 12.3. The summed E-state index contributed by atoms with van der Waals surface area (Å²) < 4.78 is 0. The molecule has 1 atom stereocenters. The molecule has 1 saturated heterocycles. The molecule has 1 heterocycles. The van der Waals surface area contributed by atoms with Crippen LogP contribution in [-0.4, -0.2) is 42.2 Å². The minimum absolute atomic E-state index is 0.439. The van der Waals surface area contributed by atoms with Crippen LogP contribution in [0.25, 0.3) is 0 Å². The Labute approximate surface area is 120 Å². The number of carboxylic acids is 1. The zero-order valence-electron chi connectivity index (χ0n) is 12.3. The van der Waals surface area contributed by atoms with E-state index in [0.29, 0.717) is 6.04 Å². The SMILES string of the molecule is CC(C(=O)O)c1ccc(CN(C)C2CCNCC2)cc1. The van der Waals surface area contributed by atoms with Crippen LogP contribution in [0.3, 0.4) is 0 Å². The lowest BCUT2D eigenvalue weighted by Gasteiger charge is -2.31. The Bertz CT molecular complexity index is 438. The molecule has 4 heteroatoms. The molecule has 0 spiro atoms. The second-order valence-electron chi connectivity index (χ2n) is 5.70. The molecule has 1 unspecified atom stereocenters. The van der Waals surface area contributed by atoms with Crippen LogP contribution in [0.5, 0.6) is 0 Å². The highest BCUT2D eigenvalue weighted by Gasteiger charge is 2.18. The maximum Gasteiger partial charge on any atom is 0.310 e. The van der Waals surface area contributed by atoms with E-state index in [2.05, 4.69) is 17.3 Å². The molecule has 2 N–H and O–H groups in total. The first-order valence-corrected chi connectivity index (χ1v) is 7.30. The van der Waals surface area contributed by atoms with Gasteiger partial charge in [-0.05, 0) is 51.0 Å². The summed E-state index contributed by atoms with van der Waals surface area (Å²) in [5.74, 6) is -1.21. The standard InChI is InChI=1S/C16H24N2O2/c1-12(16(19)20)14-5-3-13(4-6-14)11-18(2)15-7-9-17-10-8-15/h3-6,12,15,17H,7-11H2,1-2H3,(H,19,20). The highest BCUT2D eigenvalue weighted by Crippen LogP contribution is 2.18. The largest absolute Gasteiger partial charge is 0.481 e. The van der Waals surface area contributed by atoms with Gasteiger partial charge in [0.05, 0.1) is 5.92 Å². The van der Waals surface area contributed by atoms with Crippen molar-refractivity contribution >= 4 is 5.97 Å². The van der Waals surface area contributed by atoms with Crippen molar-refractivity contribution < 1.29 is 9.90 Å². The van der Waals surface area contributed by atoms with Crippen molar-refractivity contribution in [2.45, 2.75) is 38.3 Å². The highest BCUT2D eigenvalue weighted by molar-refractivity contribution is 5.75. The van der Waals surface area contributed by atoms with E-state index in [-0.39, 0.29) is 0 Å². The Balaban J connectivity index is 1.94. The van der Waals surface area contributed by atoms with Crippen molar-refractivity contribution in [1.82, 2.24) is 10.2 Å². The van der Waals surface area contributed by atoms with Crippen LogP contribution in [0.1, 0.15) is 36.8 Å². The lowest BCUT2D eigenvalue weighted by atomic mass is 9.99. The maximum atomic E-state index is 11.0. The summed E-state index contributed by atoms with van der Waals surface area (Å²) in [7, 11) is 2.17. The fraction of sp³-hybridized carbons (Fsp3) is 0.562. The number of piperidine rings is 1. The first kappa shape index (κ1) is 15.0. The van der Waals surface area contributed by atoms with Gasteiger partial charge in [-0.2, -0.15) is 0 Å². The molecule has 0 aliphatic carbocycles. The van der Waals surface area contributed by atoms with Crippen molar-refractivity contribution in [3.63, 3.8) is 0 Å². The molecule has 0 bridgehead atoms. The molecule has 0 aromatic heterocycles. The average Bonchev–Trinajstić information content (AvgIpc) is 2.48. The Morgan fingerprint density at radius 1 is 1.35 bits per heavy atom. The van der Waals surface area contributed by atoms with Crippen LogP contribution < -0.4 is 5.32 Å². The number of carboxylic acid groups (broad SMARTS) is 1. The van der Waals surface area contributed by atoms with Crippen LogP contribution in [0.4, 0.5) is 0 Å². The van der Waals surface area contributed by atoms with Crippen molar-refractivity contribution in [2.75, 3.05) is 20.1 Å². The van der Waals surface area contributed by atoms with Crippen LogP contribution in [-0.2, 0) is 11.3 Å². The summed E-state index contributed by atoms with van der Waals surface area (Å²) >= 11 is 0. The number of aliphatic carboxylic acids is 1. The van der Waals surface area contributed by atoms with E-state index in [1.165, 1.54) is 18.4 Å². The predicted molar refractivity (Wildman–Crippen MR) is 79.9 cm³/mol. The van der Waals surface area contributed by atoms with Crippen molar-refractivity contribution in [2.24, 2.45) is 0 Å². The molecule has 1 aliphatic rings. The number of hydrogen-bond acceptors (Lipinski definition) is 3. The number of hydrogen-bond donors (Lipinski definition) is 2. The molecule has 4 nitrogen and oxygen atoms in total. The van der Waals surface area contributed by atoms with Crippen molar-refractivity contribution in [1.29, 1.82) is 0 Å². The fourth-order valence-electron chi connectivity index (χ4n) is 2.72. The van der Waals surface area contributed by atoms with E-state index in [4.69, 9.17) is 5.11 Å². The van der Waals surface area contributed by atoms with Gasteiger partial charge in [0.1, 0.15) is 0 Å². The Kier molecular flexibility index (Phi) is 5.15. The van der Waals surface area contributed by atoms with E-state index in [1.54, 1.807) is 6.92 Å². The average molecular weight is 276 g/mol. The molecule has 1 aromatic carbocycles. The molecule has 20 heavy (non-hydrogen) atoms. The van der Waals surface area contributed by atoms with E-state index in [0.717, 1.165) is 25.2 Å². The zero-order chi connectivity index (χ0) is 14.5. The maximum absolute atomic E-state index is 11.0. The van der Waals surface area contributed by atoms with Gasteiger partial charge in [0.15, 0.2) is 0 Å². The van der Waals surface area contributed by atoms with Gasteiger partial charge in [0, 0.05) is 12.6 Å². The molecule has 1 aromatic rings. The van der Waals surface area contributed by atoms with E-state index >= 15 is 0 Å². The normalized spacial score (nSPS) is 18.1. The van der Waals surface area contributed by atoms with Crippen molar-refractivity contribution in [3.05, 3.63) is 35.4 Å². The first-order chi connectivity index (χ1) is 9.58. The summed E-state index contributed by atoms with van der Waals surface area (Å²) in [6, 6.07) is 8.61. The topological polar surface area (TPSA) is 52.6 Å². The second-order valence-corrected chi connectivity index (χ2v) is 5.70. The summed E-state index contributed by atoms with van der Waals surface area (Å²) in [4.78, 5) is 13.4. The minimum atomic E-state index is -0.774. The van der Waals surface area contributed by atoms with Gasteiger partial charge in [0.2, 0.25) is 0 Å². The molecule has 2 rings (SSSR count). The summed E-state index contributed by atoms with van der Waals surface area (Å²) in [5, 5.41) is 12.4. The van der Waals surface area contributed by atoms with E-state index < -0.39 is 11.9 Å². The van der Waals surface area contributed by atoms with Gasteiger partial charge >= 0.3 is 5.97 Å². The number of carbonyl (C=O) groups is 1. The summed E-state index contributed by atoms with van der Waals surface area (Å²) in [5.41, 5.74) is 2.11. The molecule has 1 aliphatic heterocycles. The Morgan fingerprint density at radius 3 is 2.50 bits per heavy atom. The lowest BCUT2D eigenvalue weighted by molar-refractivity contribution is -0.138. The van der Waals surface area contributed by atoms with Gasteiger partial charge < -0.3 is 10.4 Å². The third-order valence-corrected chi connectivity index (χ3v) is 4.21. The Hall–Kier alpha value is -1.39. The van der Waals surface area contributed by atoms with E-state index in [9.17, 15) is 4.79 Å². The lowest BCUT2D eigenvalue weighted by Crippen LogP contribution is -2.40. The monoisotopic (exact) mass is 276 g/mol. The third kappa shape index (κ3) is 3.81. The van der Waals surface area contributed by atoms with Crippen LogP contribution in [0, 0.1) is 0 Å². The van der Waals surface area contributed by atoms with Gasteiger partial charge in [0.25, 0.3) is 0 Å². The smallest absolute Gasteiger partial charge is 0.310 e. The molecular formula is C16H24N2O2. The number of benzene rings is 1. The molecule has 110 valence electrons.